The molecule has 0 aromatic heterocycles. The number of nitrogens with one attached hydrogen (secondary N) is 1. The van der Waals surface area contributed by atoms with Crippen molar-refractivity contribution < 1.29 is 17.9 Å². The van der Waals surface area contributed by atoms with Crippen LogP contribution >= 0.6 is 0 Å². The van der Waals surface area contributed by atoms with Crippen molar-refractivity contribution in [3.63, 3.8) is 0 Å². The summed E-state index contributed by atoms with van der Waals surface area (Å²) in [6.07, 6.45) is 5.66. The Morgan fingerprint density at radius 1 is 1.24 bits per heavy atom. The molecule has 0 aromatic carbocycles. The van der Waals surface area contributed by atoms with Crippen LogP contribution in [0.3, 0.4) is 0 Å². The molecule has 2 rings (SSSR count). The van der Waals surface area contributed by atoms with Crippen molar-refractivity contribution >= 4 is 16.2 Å². The Kier molecular flexibility index (Phi) is 5.27. The van der Waals surface area contributed by atoms with Crippen LogP contribution in [0.4, 0.5) is 0 Å². The summed E-state index contributed by atoms with van der Waals surface area (Å²) in [5.41, 5.74) is -1.08. The van der Waals surface area contributed by atoms with Crippen molar-refractivity contribution in [2.45, 2.75) is 57.4 Å². The van der Waals surface area contributed by atoms with E-state index in [1.54, 1.807) is 0 Å². The van der Waals surface area contributed by atoms with Gasteiger partial charge in [0.15, 0.2) is 0 Å². The van der Waals surface area contributed by atoms with E-state index >= 15 is 0 Å². The first-order chi connectivity index (χ1) is 9.89. The van der Waals surface area contributed by atoms with Crippen molar-refractivity contribution in [3.8, 4) is 0 Å². The molecule has 0 aromatic rings. The van der Waals surface area contributed by atoms with Gasteiger partial charge in [0.2, 0.25) is 0 Å². The topological polar surface area (TPSA) is 75.7 Å². The highest BCUT2D eigenvalue weighted by molar-refractivity contribution is 7.87. The van der Waals surface area contributed by atoms with Gasteiger partial charge in [-0.05, 0) is 31.6 Å². The normalized spacial score (nSPS) is 27.2. The molecule has 1 heterocycles. The van der Waals surface area contributed by atoms with E-state index in [-0.39, 0.29) is 0 Å². The molecular weight excluding hydrogens is 292 g/mol. The molecule has 6 nitrogen and oxygen atoms in total. The van der Waals surface area contributed by atoms with E-state index in [0.29, 0.717) is 31.8 Å². The predicted molar refractivity (Wildman–Crippen MR) is 79.9 cm³/mol. The summed E-state index contributed by atoms with van der Waals surface area (Å²) >= 11 is 0. The van der Waals surface area contributed by atoms with Gasteiger partial charge in [-0.2, -0.15) is 17.4 Å². The van der Waals surface area contributed by atoms with Crippen molar-refractivity contribution in [2.24, 2.45) is 5.92 Å². The fourth-order valence-electron chi connectivity index (χ4n) is 3.37. The Hall–Kier alpha value is -0.660. The van der Waals surface area contributed by atoms with Gasteiger partial charge in [0.1, 0.15) is 5.54 Å². The Morgan fingerprint density at radius 3 is 2.48 bits per heavy atom. The molecule has 0 spiro atoms. The van der Waals surface area contributed by atoms with E-state index in [1.807, 2.05) is 0 Å². The third kappa shape index (κ3) is 3.76. The van der Waals surface area contributed by atoms with E-state index < -0.39 is 21.7 Å². The number of nitrogens with zero attached hydrogens (tertiary/aromatic N) is 1. The number of ether oxygens (including phenoxy) is 1. The first-order valence-corrected chi connectivity index (χ1v) is 9.21. The summed E-state index contributed by atoms with van der Waals surface area (Å²) in [6.45, 7) is 3.10. The van der Waals surface area contributed by atoms with E-state index in [2.05, 4.69) is 11.6 Å². The number of carbonyl (C=O) groups is 1. The lowest BCUT2D eigenvalue weighted by atomic mass is 9.83. The number of hydrogen-bond donors (Lipinski definition) is 1. The standard InChI is InChI=1S/C14H26N2O4S/c1-12-7-6-10-16(11-12)21(18,19)15-14(13(17)20-2)8-4-3-5-9-14/h12,15H,3-11H2,1-2H3/t12-/m1/s1. The van der Waals surface area contributed by atoms with Crippen LogP contribution in [0.15, 0.2) is 0 Å². The van der Waals surface area contributed by atoms with Crippen LogP contribution in [-0.2, 0) is 19.7 Å². The van der Waals surface area contributed by atoms with Gasteiger partial charge in [-0.1, -0.05) is 26.2 Å². The Balaban J connectivity index is 2.16. The van der Waals surface area contributed by atoms with Gasteiger partial charge in [0.25, 0.3) is 10.2 Å². The van der Waals surface area contributed by atoms with Gasteiger partial charge in [-0.25, -0.2) is 0 Å². The molecule has 7 heteroatoms. The largest absolute Gasteiger partial charge is 0.468 e. The quantitative estimate of drug-likeness (QED) is 0.796. The second-order valence-electron chi connectivity index (χ2n) is 6.35. The minimum Gasteiger partial charge on any atom is -0.468 e. The fraction of sp³-hybridized carbons (Fsp3) is 0.929. The van der Waals surface area contributed by atoms with Gasteiger partial charge in [0.05, 0.1) is 7.11 Å². The molecule has 2 aliphatic rings. The molecule has 2 fully saturated rings. The van der Waals surface area contributed by atoms with Crippen LogP contribution < -0.4 is 4.72 Å². The van der Waals surface area contributed by atoms with E-state index in [4.69, 9.17) is 4.74 Å². The predicted octanol–water partition coefficient (Wildman–Crippen LogP) is 1.43. The van der Waals surface area contributed by atoms with Gasteiger partial charge in [-0.15, -0.1) is 0 Å². The number of piperidine rings is 1. The van der Waals surface area contributed by atoms with E-state index in [0.717, 1.165) is 32.1 Å². The number of carbonyl (C=O) groups excluding carboxylic acids is 1. The van der Waals surface area contributed by atoms with Crippen LogP contribution in [0.2, 0.25) is 0 Å². The molecule has 1 N–H and O–H groups in total. The molecule has 0 amide bonds. The highest BCUT2D eigenvalue weighted by Crippen LogP contribution is 2.31. The van der Waals surface area contributed by atoms with Crippen LogP contribution in [0.1, 0.15) is 51.9 Å². The van der Waals surface area contributed by atoms with Gasteiger partial charge in [-0.3, -0.25) is 4.79 Å². The lowest BCUT2D eigenvalue weighted by molar-refractivity contribution is -0.149. The van der Waals surface area contributed by atoms with Crippen LogP contribution in [-0.4, -0.2) is 44.4 Å². The summed E-state index contributed by atoms with van der Waals surface area (Å²) in [6, 6.07) is 0. The lowest BCUT2D eigenvalue weighted by Gasteiger charge is -2.38. The summed E-state index contributed by atoms with van der Waals surface area (Å²) < 4.78 is 34.3. The smallest absolute Gasteiger partial charge is 0.327 e. The average molecular weight is 318 g/mol. The SMILES string of the molecule is COC(=O)C1(NS(=O)(=O)N2CCC[C@@H](C)C2)CCCCC1. The second kappa shape index (κ2) is 6.62. The number of methoxy groups -OCH3 is 1. The maximum atomic E-state index is 12.6. The molecule has 21 heavy (non-hydrogen) atoms. The Bertz CT molecular complexity index is 471. The molecule has 1 aliphatic heterocycles. The minimum atomic E-state index is -3.65. The van der Waals surface area contributed by atoms with Crippen molar-refractivity contribution in [1.82, 2.24) is 9.03 Å². The number of hydrogen-bond acceptors (Lipinski definition) is 4. The molecule has 0 bridgehead atoms. The second-order valence-corrected chi connectivity index (χ2v) is 8.02. The van der Waals surface area contributed by atoms with Crippen LogP contribution in [0.25, 0.3) is 0 Å². The zero-order chi connectivity index (χ0) is 15.5. The Morgan fingerprint density at radius 2 is 1.90 bits per heavy atom. The Labute approximate surface area is 127 Å². The maximum absolute atomic E-state index is 12.6. The average Bonchev–Trinajstić information content (AvgIpc) is 2.47. The van der Waals surface area contributed by atoms with E-state index in [1.165, 1.54) is 11.4 Å². The molecule has 0 radical (unpaired) electrons. The third-order valence-electron chi connectivity index (χ3n) is 4.57. The summed E-state index contributed by atoms with van der Waals surface area (Å²) in [5, 5.41) is 0. The van der Waals surface area contributed by atoms with Gasteiger partial charge < -0.3 is 4.74 Å². The molecule has 122 valence electrons. The van der Waals surface area contributed by atoms with Crippen molar-refractivity contribution in [1.29, 1.82) is 0 Å². The zero-order valence-electron chi connectivity index (χ0n) is 12.9. The van der Waals surface area contributed by atoms with Crippen LogP contribution in [0.5, 0.6) is 0 Å². The maximum Gasteiger partial charge on any atom is 0.327 e. The minimum absolute atomic E-state index is 0.357. The first kappa shape index (κ1) is 16.7. The number of rotatable bonds is 4. The number of esters is 1. The molecular formula is C14H26N2O4S. The molecule has 0 unspecified atom stereocenters. The van der Waals surface area contributed by atoms with E-state index in [9.17, 15) is 13.2 Å². The lowest BCUT2D eigenvalue weighted by Crippen LogP contribution is -2.60. The fourth-order valence-corrected chi connectivity index (χ4v) is 5.11. The monoisotopic (exact) mass is 318 g/mol. The van der Waals surface area contributed by atoms with Crippen molar-refractivity contribution in [3.05, 3.63) is 0 Å². The highest BCUT2D eigenvalue weighted by atomic mass is 32.2. The van der Waals surface area contributed by atoms with Crippen molar-refractivity contribution in [2.75, 3.05) is 20.2 Å². The first-order valence-electron chi connectivity index (χ1n) is 7.77. The molecule has 1 saturated heterocycles. The van der Waals surface area contributed by atoms with Gasteiger partial charge in [0, 0.05) is 13.1 Å². The molecule has 1 saturated carbocycles. The molecule has 1 atom stereocenters. The van der Waals surface area contributed by atoms with Crippen LogP contribution in [0, 0.1) is 5.92 Å². The highest BCUT2D eigenvalue weighted by Gasteiger charge is 2.45. The zero-order valence-corrected chi connectivity index (χ0v) is 13.7. The van der Waals surface area contributed by atoms with Gasteiger partial charge >= 0.3 is 5.97 Å². The summed E-state index contributed by atoms with van der Waals surface area (Å²) in [5.74, 6) is -0.105. The molecule has 1 aliphatic carbocycles. The third-order valence-corrected chi connectivity index (χ3v) is 6.23. The summed E-state index contributed by atoms with van der Waals surface area (Å²) in [7, 11) is -2.33. The summed E-state index contributed by atoms with van der Waals surface area (Å²) in [4.78, 5) is 12.1.